The first-order chi connectivity index (χ1) is 13.5. The Kier molecular flexibility index (Phi) is 10.0. The van der Waals surface area contributed by atoms with E-state index in [2.05, 4.69) is 9.78 Å². The summed E-state index contributed by atoms with van der Waals surface area (Å²) in [4.78, 5) is 29.8. The Morgan fingerprint density at radius 3 is 0.781 bits per heavy atom. The van der Waals surface area contributed by atoms with Gasteiger partial charge in [-0.1, -0.05) is 116 Å². The second kappa shape index (κ2) is 9.63. The van der Waals surface area contributed by atoms with Crippen LogP contribution in [-0.2, 0) is 19.4 Å². The van der Waals surface area contributed by atoms with E-state index in [4.69, 9.17) is 116 Å². The zero-order valence-corrected chi connectivity index (χ0v) is 21.0. The molecule has 0 aliphatic carbocycles. The highest BCUT2D eigenvalue weighted by Crippen LogP contribution is 2.61. The van der Waals surface area contributed by atoms with Crippen LogP contribution in [0.25, 0.3) is 0 Å². The summed E-state index contributed by atoms with van der Waals surface area (Å²) in [5.74, 6) is -5.93. The van der Waals surface area contributed by atoms with E-state index in [9.17, 15) is 44.7 Å². The van der Waals surface area contributed by atoms with E-state index in [1.165, 1.54) is 0 Å². The Labute approximate surface area is 221 Å². The molecule has 0 aliphatic rings. The van der Waals surface area contributed by atoms with E-state index in [1.807, 2.05) is 0 Å². The summed E-state index contributed by atoms with van der Waals surface area (Å²) in [6.07, 6.45) is -11.7. The van der Waals surface area contributed by atoms with Gasteiger partial charge in [-0.2, -0.15) is 26.3 Å². The number of halogens is 18. The van der Waals surface area contributed by atoms with Crippen molar-refractivity contribution >= 4 is 128 Å². The van der Waals surface area contributed by atoms with Gasteiger partial charge in [0.05, 0.1) is 0 Å². The summed E-state index contributed by atoms with van der Waals surface area (Å²) in [5, 5.41) is -9.65. The molecule has 0 radical (unpaired) electrons. The maximum Gasteiger partial charge on any atom is 0.424 e. The normalized spacial score (nSPS) is 18.4. The highest BCUT2D eigenvalue weighted by molar-refractivity contribution is 6.67. The van der Waals surface area contributed by atoms with Crippen molar-refractivity contribution in [2.24, 2.45) is 0 Å². The van der Waals surface area contributed by atoms with Crippen molar-refractivity contribution in [3.63, 3.8) is 0 Å². The van der Waals surface area contributed by atoms with Crippen LogP contribution in [0.1, 0.15) is 0 Å². The van der Waals surface area contributed by atoms with Crippen molar-refractivity contribution in [2.45, 2.75) is 39.9 Å². The summed E-state index contributed by atoms with van der Waals surface area (Å²) >= 11 is 49.0. The molecule has 0 aliphatic heterocycles. The minimum Gasteiger partial charge on any atom is -0.242 e. The minimum absolute atomic E-state index is 2.96. The summed E-state index contributed by atoms with van der Waals surface area (Å²) in [5.41, 5.74) is 0. The SMILES string of the molecule is O=C(OOC(=O)C(F)(Cl)C(Cl)(Cl)C(Cl)(Cl)C(F)(F)F)C(F)(Cl)C(Cl)(Cl)C(Cl)(Cl)C(F)(F)F. The average Bonchev–Trinajstić information content (AvgIpc) is 2.56. The Balaban J connectivity index is 5.82. The molecule has 190 valence electrons. The van der Waals surface area contributed by atoms with Gasteiger partial charge >= 0.3 is 34.5 Å². The standard InChI is InChI=1S/C10Cl10F8O4/c11-3(21,5(13,14)7(17,18)9(23,24)25)1(29)31-32-2(30)4(12,22)6(15,16)8(19,20)10(26,27)28. The van der Waals surface area contributed by atoms with Crippen LogP contribution >= 0.6 is 116 Å². The lowest BCUT2D eigenvalue weighted by atomic mass is 10.1. The lowest BCUT2D eigenvalue weighted by Gasteiger charge is -2.39. The minimum atomic E-state index is -5.86. The monoisotopic (exact) mass is 686 g/mol. The molecule has 2 atom stereocenters. The fraction of sp³-hybridized carbons (Fsp3) is 0.800. The molecular formula is C10Cl10F8O4. The summed E-state index contributed by atoms with van der Waals surface area (Å²) < 4.78 is 88.0. The topological polar surface area (TPSA) is 52.6 Å². The van der Waals surface area contributed by atoms with Crippen LogP contribution in [0.2, 0.25) is 0 Å². The maximum absolute atomic E-state index is 14.4. The Morgan fingerprint density at radius 2 is 0.625 bits per heavy atom. The summed E-state index contributed by atoms with van der Waals surface area (Å²) in [7, 11) is 0. The third-order valence-electron chi connectivity index (χ3n) is 3.00. The van der Waals surface area contributed by atoms with E-state index < -0.39 is 51.9 Å². The number of alkyl halides is 18. The van der Waals surface area contributed by atoms with Crippen LogP contribution < -0.4 is 0 Å². The van der Waals surface area contributed by atoms with Gasteiger partial charge < -0.3 is 0 Å². The summed E-state index contributed by atoms with van der Waals surface area (Å²) in [6, 6.07) is 0. The second-order valence-electron chi connectivity index (χ2n) is 5.18. The fourth-order valence-corrected chi connectivity index (χ4v) is 2.99. The second-order valence-corrected chi connectivity index (χ2v) is 11.5. The largest absolute Gasteiger partial charge is 0.424 e. The van der Waals surface area contributed by atoms with Gasteiger partial charge in [-0.05, 0) is 0 Å². The van der Waals surface area contributed by atoms with Gasteiger partial charge in [-0.25, -0.2) is 28.1 Å². The zero-order valence-electron chi connectivity index (χ0n) is 13.4. The predicted octanol–water partition coefficient (Wildman–Crippen LogP) is 7.62. The molecule has 0 N–H and O–H groups in total. The zero-order chi connectivity index (χ0) is 26.6. The molecule has 0 rings (SSSR count). The van der Waals surface area contributed by atoms with Crippen molar-refractivity contribution in [2.75, 3.05) is 0 Å². The molecule has 4 nitrogen and oxygen atoms in total. The Morgan fingerprint density at radius 1 is 0.438 bits per heavy atom. The number of hydrogen-bond acceptors (Lipinski definition) is 4. The van der Waals surface area contributed by atoms with Crippen molar-refractivity contribution in [1.29, 1.82) is 0 Å². The third kappa shape index (κ3) is 5.49. The molecule has 0 spiro atoms. The van der Waals surface area contributed by atoms with Crippen molar-refractivity contribution in [1.82, 2.24) is 0 Å². The van der Waals surface area contributed by atoms with Crippen LogP contribution in [0.15, 0.2) is 0 Å². The van der Waals surface area contributed by atoms with Crippen LogP contribution in [0.3, 0.4) is 0 Å². The molecule has 0 fully saturated rings. The molecule has 0 aromatic carbocycles. The summed E-state index contributed by atoms with van der Waals surface area (Å²) in [6.45, 7) is 0. The molecule has 0 heterocycles. The first-order valence-electron chi connectivity index (χ1n) is 6.38. The number of hydrogen-bond donors (Lipinski definition) is 0. The quantitative estimate of drug-likeness (QED) is 0.125. The van der Waals surface area contributed by atoms with Crippen molar-refractivity contribution in [3.05, 3.63) is 0 Å². The highest BCUT2D eigenvalue weighted by Gasteiger charge is 2.78. The first kappa shape index (κ1) is 33.3. The van der Waals surface area contributed by atoms with Gasteiger partial charge in [0, 0.05) is 0 Å². The molecule has 0 saturated carbocycles. The highest BCUT2D eigenvalue weighted by atomic mass is 35.6. The van der Waals surface area contributed by atoms with Crippen LogP contribution in [-0.4, -0.2) is 51.9 Å². The lowest BCUT2D eigenvalue weighted by Crippen LogP contribution is -2.62. The molecule has 0 saturated heterocycles. The van der Waals surface area contributed by atoms with Gasteiger partial charge in [-0.15, -0.1) is 0 Å². The molecule has 0 bridgehead atoms. The maximum atomic E-state index is 14.4. The smallest absolute Gasteiger partial charge is 0.242 e. The van der Waals surface area contributed by atoms with Crippen LogP contribution in [0.5, 0.6) is 0 Å². The first-order valence-corrected chi connectivity index (χ1v) is 10.2. The van der Waals surface area contributed by atoms with E-state index in [0.29, 0.717) is 0 Å². The average molecular weight is 691 g/mol. The van der Waals surface area contributed by atoms with Crippen molar-refractivity contribution < 1.29 is 54.5 Å². The molecule has 22 heteroatoms. The van der Waals surface area contributed by atoms with Gasteiger partial charge in [0.25, 0.3) is 8.67 Å². The molecular weight excluding hydrogens is 691 g/mol. The molecule has 2 unspecified atom stereocenters. The van der Waals surface area contributed by atoms with Gasteiger partial charge in [0.15, 0.2) is 0 Å². The third-order valence-corrected chi connectivity index (χ3v) is 9.20. The Bertz CT molecular complexity index is 687. The molecule has 32 heavy (non-hydrogen) atoms. The van der Waals surface area contributed by atoms with E-state index in [0.717, 1.165) is 0 Å². The number of carbonyl (C=O) groups excluding carboxylic acids is 2. The number of carbonyl (C=O) groups is 2. The van der Waals surface area contributed by atoms with Crippen molar-refractivity contribution in [3.8, 4) is 0 Å². The Hall–Kier alpha value is 1.28. The van der Waals surface area contributed by atoms with E-state index in [-0.39, 0.29) is 0 Å². The lowest BCUT2D eigenvalue weighted by molar-refractivity contribution is -0.270. The fourth-order valence-electron chi connectivity index (χ4n) is 1.19. The van der Waals surface area contributed by atoms with Gasteiger partial charge in [0.2, 0.25) is 8.67 Å². The predicted molar refractivity (Wildman–Crippen MR) is 101 cm³/mol. The van der Waals surface area contributed by atoms with Gasteiger partial charge in [0.1, 0.15) is 0 Å². The molecule has 0 aromatic heterocycles. The number of rotatable bonds is 6. The van der Waals surface area contributed by atoms with Crippen LogP contribution in [0.4, 0.5) is 35.1 Å². The van der Waals surface area contributed by atoms with Gasteiger partial charge in [-0.3, -0.25) is 0 Å². The van der Waals surface area contributed by atoms with E-state index >= 15 is 0 Å². The van der Waals surface area contributed by atoms with E-state index in [1.54, 1.807) is 0 Å². The molecule has 0 amide bonds. The molecule has 0 aromatic rings. The van der Waals surface area contributed by atoms with Crippen LogP contribution in [0, 0.1) is 0 Å².